The molecule has 20 heavy (non-hydrogen) atoms. The van der Waals surface area contributed by atoms with Crippen molar-refractivity contribution >= 4 is 5.91 Å². The summed E-state index contributed by atoms with van der Waals surface area (Å²) in [6.45, 7) is 4.66. The number of benzene rings is 1. The van der Waals surface area contributed by atoms with E-state index in [1.165, 1.54) is 0 Å². The van der Waals surface area contributed by atoms with E-state index in [1.54, 1.807) is 0 Å². The van der Waals surface area contributed by atoms with Crippen LogP contribution in [0.25, 0.3) is 0 Å². The van der Waals surface area contributed by atoms with Crippen LogP contribution in [0.2, 0.25) is 0 Å². The SMILES string of the molecule is CC1CN(Cc2ccccc2CC(=O)NN)CCC1O. The average Bonchev–Trinajstić information content (AvgIpc) is 2.45. The number of rotatable bonds is 4. The minimum Gasteiger partial charge on any atom is -0.393 e. The molecule has 1 fully saturated rings. The van der Waals surface area contributed by atoms with E-state index in [1.807, 2.05) is 18.2 Å². The second-order valence-corrected chi connectivity index (χ2v) is 5.58. The highest BCUT2D eigenvalue weighted by Crippen LogP contribution is 2.20. The Hall–Kier alpha value is -1.43. The maximum atomic E-state index is 11.4. The molecule has 0 radical (unpaired) electrons. The third kappa shape index (κ3) is 3.79. The van der Waals surface area contributed by atoms with Crippen molar-refractivity contribution in [1.29, 1.82) is 0 Å². The molecule has 1 aromatic carbocycles. The van der Waals surface area contributed by atoms with Crippen molar-refractivity contribution in [3.63, 3.8) is 0 Å². The Morgan fingerprint density at radius 3 is 2.80 bits per heavy atom. The largest absolute Gasteiger partial charge is 0.393 e. The van der Waals surface area contributed by atoms with Gasteiger partial charge >= 0.3 is 0 Å². The van der Waals surface area contributed by atoms with Gasteiger partial charge in [0.25, 0.3) is 0 Å². The summed E-state index contributed by atoms with van der Waals surface area (Å²) in [5, 5.41) is 9.77. The van der Waals surface area contributed by atoms with Gasteiger partial charge in [-0.3, -0.25) is 15.1 Å². The molecule has 1 saturated heterocycles. The maximum absolute atomic E-state index is 11.4. The first kappa shape index (κ1) is 15.0. The van der Waals surface area contributed by atoms with Gasteiger partial charge < -0.3 is 5.11 Å². The van der Waals surface area contributed by atoms with Crippen LogP contribution in [0, 0.1) is 5.92 Å². The van der Waals surface area contributed by atoms with Gasteiger partial charge in [-0.25, -0.2) is 5.84 Å². The van der Waals surface area contributed by atoms with Gasteiger partial charge in [0.1, 0.15) is 0 Å². The molecule has 2 unspecified atom stereocenters. The fraction of sp³-hybridized carbons (Fsp3) is 0.533. The predicted molar refractivity (Wildman–Crippen MR) is 77.5 cm³/mol. The summed E-state index contributed by atoms with van der Waals surface area (Å²) in [7, 11) is 0. The third-order valence-corrected chi connectivity index (χ3v) is 3.97. The Kier molecular flexibility index (Phi) is 5.11. The number of amides is 1. The van der Waals surface area contributed by atoms with Gasteiger partial charge in [-0.2, -0.15) is 0 Å². The molecule has 0 saturated carbocycles. The lowest BCUT2D eigenvalue weighted by Crippen LogP contribution is -2.41. The Balaban J connectivity index is 2.03. The van der Waals surface area contributed by atoms with Crippen LogP contribution < -0.4 is 11.3 Å². The van der Waals surface area contributed by atoms with E-state index < -0.39 is 0 Å². The molecule has 1 aliphatic heterocycles. The first-order valence-corrected chi connectivity index (χ1v) is 7.06. The van der Waals surface area contributed by atoms with E-state index in [4.69, 9.17) is 5.84 Å². The van der Waals surface area contributed by atoms with Crippen molar-refractivity contribution in [3.8, 4) is 0 Å². The second-order valence-electron chi connectivity index (χ2n) is 5.58. The van der Waals surface area contributed by atoms with Crippen molar-refractivity contribution in [2.24, 2.45) is 11.8 Å². The van der Waals surface area contributed by atoms with Crippen LogP contribution in [0.1, 0.15) is 24.5 Å². The topological polar surface area (TPSA) is 78.6 Å². The normalized spacial score (nSPS) is 23.6. The number of aliphatic hydroxyl groups excluding tert-OH is 1. The monoisotopic (exact) mass is 277 g/mol. The standard InChI is InChI=1S/C15H23N3O2/c1-11-9-18(7-6-14(11)19)10-13-5-3-2-4-12(13)8-15(20)17-16/h2-5,11,14,19H,6-10,16H2,1H3,(H,17,20). The van der Waals surface area contributed by atoms with Crippen molar-refractivity contribution in [1.82, 2.24) is 10.3 Å². The van der Waals surface area contributed by atoms with E-state index in [9.17, 15) is 9.90 Å². The van der Waals surface area contributed by atoms with Crippen LogP contribution >= 0.6 is 0 Å². The van der Waals surface area contributed by atoms with E-state index in [0.717, 1.165) is 37.2 Å². The van der Waals surface area contributed by atoms with Gasteiger partial charge in [0, 0.05) is 19.6 Å². The van der Waals surface area contributed by atoms with Crippen LogP contribution in [-0.2, 0) is 17.8 Å². The molecule has 1 heterocycles. The van der Waals surface area contributed by atoms with Gasteiger partial charge in [-0.1, -0.05) is 31.2 Å². The van der Waals surface area contributed by atoms with Crippen molar-refractivity contribution < 1.29 is 9.90 Å². The first-order chi connectivity index (χ1) is 9.60. The molecule has 4 N–H and O–H groups in total. The first-order valence-electron chi connectivity index (χ1n) is 7.06. The number of likely N-dealkylation sites (tertiary alicyclic amines) is 1. The number of nitrogens with zero attached hydrogens (tertiary/aromatic N) is 1. The summed E-state index contributed by atoms with van der Waals surface area (Å²) in [6.07, 6.45) is 0.926. The highest BCUT2D eigenvalue weighted by Gasteiger charge is 2.24. The van der Waals surface area contributed by atoms with Crippen LogP contribution in [-0.4, -0.2) is 35.1 Å². The minimum atomic E-state index is -0.190. The molecule has 0 aromatic heterocycles. The number of piperidine rings is 1. The van der Waals surface area contributed by atoms with Crippen molar-refractivity contribution in [3.05, 3.63) is 35.4 Å². The van der Waals surface area contributed by atoms with E-state index in [2.05, 4.69) is 23.3 Å². The zero-order valence-electron chi connectivity index (χ0n) is 11.9. The number of carbonyl (C=O) groups excluding carboxylic acids is 1. The fourth-order valence-corrected chi connectivity index (χ4v) is 2.71. The molecule has 1 aliphatic rings. The number of carbonyl (C=O) groups is 1. The number of nitrogens with one attached hydrogen (secondary N) is 1. The summed E-state index contributed by atoms with van der Waals surface area (Å²) < 4.78 is 0. The predicted octanol–water partition coefficient (Wildman–Crippen LogP) is 0.422. The average molecular weight is 277 g/mol. The summed E-state index contributed by atoms with van der Waals surface area (Å²) >= 11 is 0. The highest BCUT2D eigenvalue weighted by atomic mass is 16.3. The third-order valence-electron chi connectivity index (χ3n) is 3.97. The van der Waals surface area contributed by atoms with Crippen LogP contribution in [0.4, 0.5) is 0 Å². The Morgan fingerprint density at radius 1 is 1.45 bits per heavy atom. The quantitative estimate of drug-likeness (QED) is 0.423. The molecule has 0 spiro atoms. The Morgan fingerprint density at radius 2 is 2.15 bits per heavy atom. The van der Waals surface area contributed by atoms with Gasteiger partial charge in [-0.15, -0.1) is 0 Å². The maximum Gasteiger partial charge on any atom is 0.238 e. The molecule has 110 valence electrons. The Bertz CT molecular complexity index is 464. The molecular formula is C15H23N3O2. The van der Waals surface area contributed by atoms with E-state index >= 15 is 0 Å². The molecule has 0 bridgehead atoms. The summed E-state index contributed by atoms with van der Waals surface area (Å²) in [5.41, 5.74) is 4.33. The van der Waals surface area contributed by atoms with Gasteiger partial charge in [0.15, 0.2) is 0 Å². The van der Waals surface area contributed by atoms with E-state index in [-0.39, 0.29) is 12.0 Å². The van der Waals surface area contributed by atoms with Gasteiger partial charge in [0.2, 0.25) is 5.91 Å². The fourth-order valence-electron chi connectivity index (χ4n) is 2.71. The summed E-state index contributed by atoms with van der Waals surface area (Å²) in [6, 6.07) is 7.94. The van der Waals surface area contributed by atoms with Gasteiger partial charge in [-0.05, 0) is 23.5 Å². The van der Waals surface area contributed by atoms with Gasteiger partial charge in [0.05, 0.1) is 12.5 Å². The molecular weight excluding hydrogens is 254 g/mol. The van der Waals surface area contributed by atoms with Crippen LogP contribution in [0.3, 0.4) is 0 Å². The minimum absolute atomic E-state index is 0.181. The molecule has 0 aliphatic carbocycles. The molecule has 2 atom stereocenters. The lowest BCUT2D eigenvalue weighted by molar-refractivity contribution is -0.120. The number of hydrogen-bond donors (Lipinski definition) is 3. The number of nitrogens with two attached hydrogens (primary N) is 1. The zero-order valence-corrected chi connectivity index (χ0v) is 11.9. The Labute approximate surface area is 119 Å². The zero-order chi connectivity index (χ0) is 14.5. The van der Waals surface area contributed by atoms with Crippen molar-refractivity contribution in [2.75, 3.05) is 13.1 Å². The summed E-state index contributed by atoms with van der Waals surface area (Å²) in [5.74, 6) is 5.26. The number of aliphatic hydroxyl groups is 1. The van der Waals surface area contributed by atoms with Crippen molar-refractivity contribution in [2.45, 2.75) is 32.4 Å². The number of hydrazine groups is 1. The lowest BCUT2D eigenvalue weighted by Gasteiger charge is -2.34. The molecule has 2 rings (SSSR count). The molecule has 5 heteroatoms. The second kappa shape index (κ2) is 6.83. The lowest BCUT2D eigenvalue weighted by atomic mass is 9.95. The van der Waals surface area contributed by atoms with Crippen LogP contribution in [0.15, 0.2) is 24.3 Å². The number of hydrogen-bond acceptors (Lipinski definition) is 4. The smallest absolute Gasteiger partial charge is 0.238 e. The molecule has 1 amide bonds. The molecule has 1 aromatic rings. The molecule has 5 nitrogen and oxygen atoms in total. The van der Waals surface area contributed by atoms with E-state index in [0.29, 0.717) is 12.3 Å². The summed E-state index contributed by atoms with van der Waals surface area (Å²) in [4.78, 5) is 13.8. The highest BCUT2D eigenvalue weighted by molar-refractivity contribution is 5.78. The van der Waals surface area contributed by atoms with Crippen LogP contribution in [0.5, 0.6) is 0 Å².